The summed E-state index contributed by atoms with van der Waals surface area (Å²) >= 11 is 1.81. The van der Waals surface area contributed by atoms with Crippen LogP contribution in [0.2, 0.25) is 0 Å². The molecule has 0 bridgehead atoms. The lowest BCUT2D eigenvalue weighted by Crippen LogP contribution is -1.95. The first-order valence-electron chi connectivity index (χ1n) is 4.93. The van der Waals surface area contributed by atoms with E-state index in [4.69, 9.17) is 5.73 Å². The van der Waals surface area contributed by atoms with Crippen molar-refractivity contribution in [2.45, 2.75) is 26.3 Å². The fourth-order valence-corrected chi connectivity index (χ4v) is 3.00. The number of nitrogens with two attached hydrogens (primary N) is 1. The zero-order chi connectivity index (χ0) is 10.1. The van der Waals surface area contributed by atoms with Crippen molar-refractivity contribution in [3.63, 3.8) is 0 Å². The Bertz CT molecular complexity index is 443. The van der Waals surface area contributed by atoms with E-state index in [0.29, 0.717) is 12.5 Å². The average molecular weight is 205 g/mol. The molecule has 2 N–H and O–H groups in total. The maximum atomic E-state index is 5.71. The van der Waals surface area contributed by atoms with Gasteiger partial charge in [-0.25, -0.2) is 0 Å². The fourth-order valence-electron chi connectivity index (χ4n) is 1.75. The Kier molecular flexibility index (Phi) is 2.57. The summed E-state index contributed by atoms with van der Waals surface area (Å²) in [6.45, 7) is 5.10. The molecule has 2 rings (SSSR count). The molecule has 2 aromatic rings. The van der Waals surface area contributed by atoms with Gasteiger partial charge in [0, 0.05) is 11.2 Å². The van der Waals surface area contributed by atoms with Crippen LogP contribution >= 0.6 is 11.3 Å². The summed E-state index contributed by atoms with van der Waals surface area (Å²) in [5, 5.41) is 3.64. The Labute approximate surface area is 88.6 Å². The number of benzene rings is 1. The van der Waals surface area contributed by atoms with Crippen LogP contribution in [0.15, 0.2) is 23.6 Å². The number of thiophene rings is 1. The van der Waals surface area contributed by atoms with Gasteiger partial charge in [-0.05, 0) is 27.8 Å². The minimum atomic E-state index is 0.594. The molecule has 2 heteroatoms. The summed E-state index contributed by atoms with van der Waals surface area (Å²) in [4.78, 5) is 0. The Morgan fingerprint density at radius 2 is 2.14 bits per heavy atom. The Hall–Kier alpha value is -0.860. The van der Waals surface area contributed by atoms with Crippen molar-refractivity contribution in [2.75, 3.05) is 0 Å². The molecule has 0 radical (unpaired) electrons. The fraction of sp³-hybridized carbons (Fsp3) is 0.333. The molecular weight excluding hydrogens is 190 g/mol. The highest BCUT2D eigenvalue weighted by atomic mass is 32.1. The molecule has 74 valence electrons. The van der Waals surface area contributed by atoms with Gasteiger partial charge in [0.1, 0.15) is 0 Å². The summed E-state index contributed by atoms with van der Waals surface area (Å²) in [6.07, 6.45) is 0. The van der Waals surface area contributed by atoms with E-state index in [1.807, 2.05) is 11.3 Å². The van der Waals surface area contributed by atoms with Crippen molar-refractivity contribution in [1.82, 2.24) is 0 Å². The molecule has 0 unspecified atom stereocenters. The molecule has 0 aliphatic rings. The van der Waals surface area contributed by atoms with Gasteiger partial charge in [0.25, 0.3) is 0 Å². The Balaban J connectivity index is 2.69. The largest absolute Gasteiger partial charge is 0.326 e. The summed E-state index contributed by atoms with van der Waals surface area (Å²) in [5.41, 5.74) is 8.42. The van der Waals surface area contributed by atoms with E-state index in [-0.39, 0.29) is 0 Å². The molecule has 0 saturated carbocycles. The lowest BCUT2D eigenvalue weighted by Gasteiger charge is -2.03. The van der Waals surface area contributed by atoms with Crippen LogP contribution in [0.3, 0.4) is 0 Å². The highest BCUT2D eigenvalue weighted by Gasteiger charge is 2.09. The van der Waals surface area contributed by atoms with Gasteiger partial charge < -0.3 is 5.73 Å². The summed E-state index contributed by atoms with van der Waals surface area (Å²) in [6, 6.07) is 6.41. The van der Waals surface area contributed by atoms with Crippen molar-refractivity contribution in [2.24, 2.45) is 5.73 Å². The molecule has 0 atom stereocenters. The number of rotatable bonds is 2. The molecule has 14 heavy (non-hydrogen) atoms. The van der Waals surface area contributed by atoms with Crippen LogP contribution in [0.4, 0.5) is 0 Å². The number of fused-ring (bicyclic) bond motifs is 1. The number of hydrogen-bond acceptors (Lipinski definition) is 2. The van der Waals surface area contributed by atoms with E-state index in [2.05, 4.69) is 37.4 Å². The molecule has 0 saturated heterocycles. The molecule has 1 aromatic heterocycles. The molecule has 0 aliphatic carbocycles. The van der Waals surface area contributed by atoms with Gasteiger partial charge in [-0.15, -0.1) is 11.3 Å². The van der Waals surface area contributed by atoms with E-state index < -0.39 is 0 Å². The monoisotopic (exact) mass is 205 g/mol. The lowest BCUT2D eigenvalue weighted by atomic mass is 10.0. The van der Waals surface area contributed by atoms with E-state index in [1.54, 1.807) is 0 Å². The van der Waals surface area contributed by atoms with E-state index >= 15 is 0 Å². The first-order valence-corrected chi connectivity index (χ1v) is 5.81. The van der Waals surface area contributed by atoms with Gasteiger partial charge in [0.2, 0.25) is 0 Å². The molecular formula is C12H15NS. The minimum absolute atomic E-state index is 0.594. The highest BCUT2D eigenvalue weighted by Crippen LogP contribution is 2.33. The lowest BCUT2D eigenvalue weighted by molar-refractivity contribution is 0.880. The highest BCUT2D eigenvalue weighted by molar-refractivity contribution is 7.17. The molecule has 1 aromatic carbocycles. The third-order valence-electron chi connectivity index (χ3n) is 2.55. The average Bonchev–Trinajstić information content (AvgIpc) is 2.60. The second-order valence-electron chi connectivity index (χ2n) is 3.84. The first-order chi connectivity index (χ1) is 6.74. The quantitative estimate of drug-likeness (QED) is 0.798. The van der Waals surface area contributed by atoms with Crippen LogP contribution in [0.25, 0.3) is 10.1 Å². The predicted octanol–water partition coefficient (Wildman–Crippen LogP) is 3.48. The van der Waals surface area contributed by atoms with Crippen LogP contribution in [0.1, 0.15) is 30.9 Å². The van der Waals surface area contributed by atoms with Gasteiger partial charge in [0.15, 0.2) is 0 Å². The van der Waals surface area contributed by atoms with Crippen molar-refractivity contribution in [1.29, 1.82) is 0 Å². The standard InChI is InChI=1S/C12H15NS/c1-8(2)11-7-14-12-9(6-13)4-3-5-10(11)12/h3-5,7-8H,6,13H2,1-2H3. The van der Waals surface area contributed by atoms with E-state index in [9.17, 15) is 0 Å². The van der Waals surface area contributed by atoms with Crippen LogP contribution in [0.5, 0.6) is 0 Å². The van der Waals surface area contributed by atoms with Crippen molar-refractivity contribution in [3.05, 3.63) is 34.7 Å². The molecule has 0 amide bonds. The molecule has 0 fully saturated rings. The Morgan fingerprint density at radius 3 is 2.79 bits per heavy atom. The van der Waals surface area contributed by atoms with E-state index in [0.717, 1.165) is 0 Å². The maximum absolute atomic E-state index is 5.71. The second-order valence-corrected chi connectivity index (χ2v) is 4.72. The second kappa shape index (κ2) is 3.71. The van der Waals surface area contributed by atoms with Crippen molar-refractivity contribution in [3.8, 4) is 0 Å². The van der Waals surface area contributed by atoms with Crippen molar-refractivity contribution < 1.29 is 0 Å². The molecule has 0 spiro atoms. The zero-order valence-corrected chi connectivity index (χ0v) is 9.40. The van der Waals surface area contributed by atoms with Crippen LogP contribution < -0.4 is 5.73 Å². The smallest absolute Gasteiger partial charge is 0.0390 e. The van der Waals surface area contributed by atoms with Crippen LogP contribution in [-0.2, 0) is 6.54 Å². The predicted molar refractivity (Wildman–Crippen MR) is 63.8 cm³/mol. The van der Waals surface area contributed by atoms with Gasteiger partial charge in [0.05, 0.1) is 0 Å². The Morgan fingerprint density at radius 1 is 1.36 bits per heavy atom. The third-order valence-corrected chi connectivity index (χ3v) is 3.64. The van der Waals surface area contributed by atoms with Crippen molar-refractivity contribution >= 4 is 21.4 Å². The van der Waals surface area contributed by atoms with E-state index in [1.165, 1.54) is 21.2 Å². The third kappa shape index (κ3) is 1.45. The molecule has 1 heterocycles. The maximum Gasteiger partial charge on any atom is 0.0390 e. The van der Waals surface area contributed by atoms with Gasteiger partial charge in [-0.2, -0.15) is 0 Å². The van der Waals surface area contributed by atoms with Gasteiger partial charge >= 0.3 is 0 Å². The van der Waals surface area contributed by atoms with Crippen LogP contribution in [-0.4, -0.2) is 0 Å². The first kappa shape index (κ1) is 9.69. The number of hydrogen-bond donors (Lipinski definition) is 1. The van der Waals surface area contributed by atoms with Gasteiger partial charge in [-0.1, -0.05) is 32.0 Å². The summed E-state index contributed by atoms with van der Waals surface area (Å²) < 4.78 is 1.36. The molecule has 1 nitrogen and oxygen atoms in total. The summed E-state index contributed by atoms with van der Waals surface area (Å²) in [7, 11) is 0. The normalized spacial score (nSPS) is 11.4. The topological polar surface area (TPSA) is 26.0 Å². The minimum Gasteiger partial charge on any atom is -0.326 e. The zero-order valence-electron chi connectivity index (χ0n) is 8.58. The SMILES string of the molecule is CC(C)c1csc2c(CN)cccc12. The van der Waals surface area contributed by atoms with Gasteiger partial charge in [-0.3, -0.25) is 0 Å². The summed E-state index contributed by atoms with van der Waals surface area (Å²) in [5.74, 6) is 0.594. The molecule has 0 aliphatic heterocycles. The van der Waals surface area contributed by atoms with Crippen LogP contribution in [0, 0.1) is 0 Å².